The molecule has 0 aliphatic carbocycles. The number of ether oxygens (including phenoxy) is 1. The lowest BCUT2D eigenvalue weighted by Gasteiger charge is -2.20. The smallest absolute Gasteiger partial charge is 0.276 e. The van der Waals surface area contributed by atoms with E-state index in [1.165, 1.54) is 4.90 Å². The molecule has 0 saturated heterocycles. The van der Waals surface area contributed by atoms with Crippen LogP contribution in [0.2, 0.25) is 0 Å². The Morgan fingerprint density at radius 1 is 1.13 bits per heavy atom. The Kier molecular flexibility index (Phi) is 6.13. The molecule has 1 N–H and O–H groups in total. The van der Waals surface area contributed by atoms with E-state index in [4.69, 9.17) is 4.74 Å². The number of hydrogen-bond acceptors (Lipinski definition) is 6. The zero-order valence-electron chi connectivity index (χ0n) is 17.1. The fraction of sp³-hybridized carbons (Fsp3) is 0.227. The summed E-state index contributed by atoms with van der Waals surface area (Å²) in [5, 5.41) is 8.62. The second kappa shape index (κ2) is 9.31. The van der Waals surface area contributed by atoms with Gasteiger partial charge in [-0.25, -0.2) is 9.67 Å². The highest BCUT2D eigenvalue weighted by molar-refractivity contribution is 5.91. The number of nitrogens with zero attached hydrogens (tertiary/aromatic N) is 5. The Bertz CT molecular complexity index is 1230. The SMILES string of the molecule is COCCN(Cc1nc2ccccc2c(=O)[nH]1)C(=O)c1cn(Cc2ccccc2)nn1. The first kappa shape index (κ1) is 20.4. The quantitative estimate of drug-likeness (QED) is 0.468. The summed E-state index contributed by atoms with van der Waals surface area (Å²) in [6.07, 6.45) is 1.62. The molecular weight excluding hydrogens is 396 g/mol. The first-order valence-electron chi connectivity index (χ1n) is 9.84. The summed E-state index contributed by atoms with van der Waals surface area (Å²) in [6, 6.07) is 16.9. The van der Waals surface area contributed by atoms with Gasteiger partial charge in [-0.15, -0.1) is 5.10 Å². The Labute approximate surface area is 178 Å². The summed E-state index contributed by atoms with van der Waals surface area (Å²) in [5.41, 5.74) is 1.61. The van der Waals surface area contributed by atoms with Crippen LogP contribution in [0.15, 0.2) is 65.6 Å². The van der Waals surface area contributed by atoms with E-state index in [-0.39, 0.29) is 23.7 Å². The Morgan fingerprint density at radius 2 is 1.90 bits per heavy atom. The monoisotopic (exact) mass is 418 g/mol. The van der Waals surface area contributed by atoms with Gasteiger partial charge in [-0.1, -0.05) is 47.7 Å². The molecule has 0 aliphatic rings. The number of aromatic amines is 1. The highest BCUT2D eigenvalue weighted by Crippen LogP contribution is 2.10. The van der Waals surface area contributed by atoms with Gasteiger partial charge in [0.15, 0.2) is 5.69 Å². The normalized spacial score (nSPS) is 11.0. The number of H-pyrrole nitrogens is 1. The number of rotatable bonds is 8. The van der Waals surface area contributed by atoms with Crippen LogP contribution in [-0.4, -0.2) is 56.0 Å². The van der Waals surface area contributed by atoms with Crippen LogP contribution < -0.4 is 5.56 Å². The molecule has 2 heterocycles. The van der Waals surface area contributed by atoms with E-state index in [2.05, 4.69) is 20.3 Å². The second-order valence-electron chi connectivity index (χ2n) is 7.04. The van der Waals surface area contributed by atoms with Gasteiger partial charge in [-0.05, 0) is 17.7 Å². The fourth-order valence-electron chi connectivity index (χ4n) is 3.25. The van der Waals surface area contributed by atoms with Crippen molar-refractivity contribution >= 4 is 16.8 Å². The molecule has 0 saturated carbocycles. The maximum Gasteiger partial charge on any atom is 0.276 e. The van der Waals surface area contributed by atoms with Crippen molar-refractivity contribution in [2.24, 2.45) is 0 Å². The van der Waals surface area contributed by atoms with Crippen molar-refractivity contribution in [3.8, 4) is 0 Å². The van der Waals surface area contributed by atoms with Crippen LogP contribution >= 0.6 is 0 Å². The second-order valence-corrected chi connectivity index (χ2v) is 7.04. The van der Waals surface area contributed by atoms with E-state index in [0.29, 0.717) is 36.4 Å². The van der Waals surface area contributed by atoms with Gasteiger partial charge in [0.25, 0.3) is 11.5 Å². The standard InChI is InChI=1S/C22H22N6O3/c1-31-12-11-27(15-20-23-18-10-6-5-9-17(18)21(29)24-20)22(30)19-14-28(26-25-19)13-16-7-3-2-4-8-16/h2-10,14H,11-13,15H2,1H3,(H,23,24,29). The van der Waals surface area contributed by atoms with Crippen molar-refractivity contribution in [3.63, 3.8) is 0 Å². The number of nitrogens with one attached hydrogen (secondary N) is 1. The number of benzene rings is 2. The Morgan fingerprint density at radius 3 is 2.71 bits per heavy atom. The summed E-state index contributed by atoms with van der Waals surface area (Å²) >= 11 is 0. The zero-order valence-corrected chi connectivity index (χ0v) is 17.1. The molecule has 9 heteroatoms. The van der Waals surface area contributed by atoms with Crippen LogP contribution in [0.5, 0.6) is 0 Å². The van der Waals surface area contributed by atoms with Gasteiger partial charge < -0.3 is 14.6 Å². The third-order valence-corrected chi connectivity index (χ3v) is 4.80. The molecule has 4 rings (SSSR count). The lowest BCUT2D eigenvalue weighted by atomic mass is 10.2. The zero-order chi connectivity index (χ0) is 21.6. The van der Waals surface area contributed by atoms with E-state index in [0.717, 1.165) is 5.56 Å². The molecule has 0 atom stereocenters. The Hall–Kier alpha value is -3.85. The van der Waals surface area contributed by atoms with Gasteiger partial charge in [0, 0.05) is 13.7 Å². The van der Waals surface area contributed by atoms with Gasteiger partial charge in [0.1, 0.15) is 5.82 Å². The molecular formula is C22H22N6O3. The first-order valence-corrected chi connectivity index (χ1v) is 9.84. The average molecular weight is 418 g/mol. The van der Waals surface area contributed by atoms with E-state index >= 15 is 0 Å². The predicted octanol–water partition coefficient (Wildman–Crippen LogP) is 1.85. The number of para-hydroxylation sites is 1. The van der Waals surface area contributed by atoms with Crippen LogP contribution in [0.1, 0.15) is 21.9 Å². The van der Waals surface area contributed by atoms with Crippen LogP contribution in [-0.2, 0) is 17.8 Å². The van der Waals surface area contributed by atoms with E-state index in [1.807, 2.05) is 36.4 Å². The minimum Gasteiger partial charge on any atom is -0.383 e. The van der Waals surface area contributed by atoms with Crippen molar-refractivity contribution < 1.29 is 9.53 Å². The van der Waals surface area contributed by atoms with Crippen molar-refractivity contribution in [1.29, 1.82) is 0 Å². The molecule has 2 aromatic carbocycles. The molecule has 9 nitrogen and oxygen atoms in total. The molecule has 1 amide bonds. The van der Waals surface area contributed by atoms with Gasteiger partial charge in [0.05, 0.1) is 36.8 Å². The fourth-order valence-corrected chi connectivity index (χ4v) is 3.25. The molecule has 0 bridgehead atoms. The highest BCUT2D eigenvalue weighted by atomic mass is 16.5. The summed E-state index contributed by atoms with van der Waals surface area (Å²) in [5.74, 6) is 0.0806. The van der Waals surface area contributed by atoms with Gasteiger partial charge in [-0.3, -0.25) is 9.59 Å². The molecule has 31 heavy (non-hydrogen) atoms. The topological polar surface area (TPSA) is 106 Å². The predicted molar refractivity (Wildman–Crippen MR) is 115 cm³/mol. The van der Waals surface area contributed by atoms with E-state index < -0.39 is 0 Å². The number of hydrogen-bond donors (Lipinski definition) is 1. The minimum absolute atomic E-state index is 0.119. The minimum atomic E-state index is -0.313. The summed E-state index contributed by atoms with van der Waals surface area (Å²) in [6.45, 7) is 1.28. The maximum absolute atomic E-state index is 13.1. The van der Waals surface area contributed by atoms with Gasteiger partial charge >= 0.3 is 0 Å². The van der Waals surface area contributed by atoms with Crippen molar-refractivity contribution in [1.82, 2.24) is 29.9 Å². The number of methoxy groups -OCH3 is 1. The van der Waals surface area contributed by atoms with Crippen LogP contribution in [0.3, 0.4) is 0 Å². The summed E-state index contributed by atoms with van der Waals surface area (Å²) in [4.78, 5) is 34.3. The third-order valence-electron chi connectivity index (χ3n) is 4.80. The maximum atomic E-state index is 13.1. The molecule has 0 fully saturated rings. The number of carbonyl (C=O) groups excluding carboxylic acids is 1. The molecule has 2 aromatic heterocycles. The van der Waals surface area contributed by atoms with Crippen LogP contribution in [0, 0.1) is 0 Å². The van der Waals surface area contributed by atoms with E-state index in [1.54, 1.807) is 36.2 Å². The number of carbonyl (C=O) groups is 1. The lowest BCUT2D eigenvalue weighted by Crippen LogP contribution is -2.35. The van der Waals surface area contributed by atoms with Crippen LogP contribution in [0.25, 0.3) is 10.9 Å². The number of fused-ring (bicyclic) bond motifs is 1. The van der Waals surface area contributed by atoms with E-state index in [9.17, 15) is 9.59 Å². The summed E-state index contributed by atoms with van der Waals surface area (Å²) < 4.78 is 6.77. The third kappa shape index (κ3) is 4.84. The lowest BCUT2D eigenvalue weighted by molar-refractivity contribution is 0.0669. The Balaban J connectivity index is 1.55. The number of amides is 1. The highest BCUT2D eigenvalue weighted by Gasteiger charge is 2.21. The molecule has 0 aliphatic heterocycles. The van der Waals surface area contributed by atoms with Crippen molar-refractivity contribution in [2.45, 2.75) is 13.1 Å². The largest absolute Gasteiger partial charge is 0.383 e. The number of aromatic nitrogens is 5. The van der Waals surface area contributed by atoms with Gasteiger partial charge in [-0.2, -0.15) is 0 Å². The van der Waals surface area contributed by atoms with Crippen molar-refractivity contribution in [2.75, 3.05) is 20.3 Å². The molecule has 0 unspecified atom stereocenters. The van der Waals surface area contributed by atoms with Crippen molar-refractivity contribution in [3.05, 3.63) is 88.2 Å². The average Bonchev–Trinajstić information content (AvgIpc) is 3.25. The molecule has 158 valence electrons. The first-order chi connectivity index (χ1) is 15.1. The molecule has 4 aromatic rings. The summed E-state index contributed by atoms with van der Waals surface area (Å²) in [7, 11) is 1.56. The van der Waals surface area contributed by atoms with Gasteiger partial charge in [0.2, 0.25) is 0 Å². The van der Waals surface area contributed by atoms with Crippen LogP contribution in [0.4, 0.5) is 0 Å². The molecule has 0 radical (unpaired) electrons. The molecule has 0 spiro atoms.